The van der Waals surface area contributed by atoms with Crippen molar-refractivity contribution in [3.05, 3.63) is 81.9 Å². The Morgan fingerprint density at radius 3 is 2.58 bits per heavy atom. The van der Waals surface area contributed by atoms with Gasteiger partial charge in [-0.25, -0.2) is 13.2 Å². The zero-order chi connectivity index (χ0) is 25.6. The Morgan fingerprint density at radius 2 is 1.86 bits per heavy atom. The van der Waals surface area contributed by atoms with Gasteiger partial charge in [0.1, 0.15) is 11.6 Å². The molecule has 1 saturated carbocycles. The van der Waals surface area contributed by atoms with Crippen molar-refractivity contribution in [2.75, 3.05) is 6.61 Å². The minimum atomic E-state index is -2.77. The van der Waals surface area contributed by atoms with Crippen LogP contribution in [-0.2, 0) is 19.3 Å². The summed E-state index contributed by atoms with van der Waals surface area (Å²) < 4.78 is 48.7. The van der Waals surface area contributed by atoms with Crippen molar-refractivity contribution in [1.29, 1.82) is 0 Å². The topological polar surface area (TPSA) is 22.1 Å². The summed E-state index contributed by atoms with van der Waals surface area (Å²) >= 11 is 0. The molecular weight excluding hydrogens is 459 g/mol. The number of hydrogen-bond acceptors (Lipinski definition) is 2. The molecular formula is C31H34F3NO. The van der Waals surface area contributed by atoms with Crippen LogP contribution in [0.3, 0.4) is 0 Å². The molecule has 2 aromatic carbocycles. The predicted molar refractivity (Wildman–Crippen MR) is 137 cm³/mol. The van der Waals surface area contributed by atoms with Crippen molar-refractivity contribution in [2.24, 2.45) is 11.3 Å². The van der Waals surface area contributed by atoms with Gasteiger partial charge in [0.2, 0.25) is 0 Å². The highest BCUT2D eigenvalue weighted by atomic mass is 19.3. The molecule has 1 fully saturated rings. The highest BCUT2D eigenvalue weighted by Gasteiger charge is 2.45. The maximum Gasteiger partial charge on any atom is 0.264 e. The highest BCUT2D eigenvalue weighted by Crippen LogP contribution is 2.55. The average molecular weight is 494 g/mol. The van der Waals surface area contributed by atoms with Crippen LogP contribution < -0.4 is 4.74 Å². The summed E-state index contributed by atoms with van der Waals surface area (Å²) in [4.78, 5) is 4.61. The Hall–Kier alpha value is -2.82. The fourth-order valence-corrected chi connectivity index (χ4v) is 5.35. The summed E-state index contributed by atoms with van der Waals surface area (Å²) in [6.45, 7) is 8.94. The Labute approximate surface area is 211 Å². The first-order valence-electron chi connectivity index (χ1n) is 12.9. The molecule has 5 rings (SSSR count). The van der Waals surface area contributed by atoms with E-state index in [-0.39, 0.29) is 11.0 Å². The Balaban J connectivity index is 1.36. The minimum Gasteiger partial charge on any atom is -0.494 e. The second kappa shape index (κ2) is 9.57. The van der Waals surface area contributed by atoms with Crippen LogP contribution in [0.2, 0.25) is 0 Å². The van der Waals surface area contributed by atoms with Crippen molar-refractivity contribution < 1.29 is 17.9 Å². The van der Waals surface area contributed by atoms with Gasteiger partial charge >= 0.3 is 0 Å². The average Bonchev–Trinajstić information content (AvgIpc) is 3.48. The summed E-state index contributed by atoms with van der Waals surface area (Å²) in [6.07, 6.45) is 3.51. The molecule has 0 N–H and O–H groups in total. The van der Waals surface area contributed by atoms with E-state index in [0.29, 0.717) is 47.8 Å². The lowest BCUT2D eigenvalue weighted by atomic mass is 9.92. The van der Waals surface area contributed by atoms with Crippen LogP contribution in [0.5, 0.6) is 5.75 Å². The molecule has 190 valence electrons. The smallest absolute Gasteiger partial charge is 0.264 e. The number of nitrogens with zero attached hydrogens (tertiary/aromatic N) is 1. The summed E-state index contributed by atoms with van der Waals surface area (Å²) in [5, 5.41) is 0. The number of aryl methyl sites for hydroxylation is 3. The largest absolute Gasteiger partial charge is 0.494 e. The van der Waals surface area contributed by atoms with Crippen molar-refractivity contribution >= 4 is 0 Å². The van der Waals surface area contributed by atoms with E-state index in [1.807, 2.05) is 25.3 Å². The summed E-state index contributed by atoms with van der Waals surface area (Å²) in [5.41, 5.74) is 5.87. The van der Waals surface area contributed by atoms with Crippen LogP contribution in [0, 0.1) is 24.1 Å². The van der Waals surface area contributed by atoms with Gasteiger partial charge in [-0.15, -0.1) is 0 Å². The van der Waals surface area contributed by atoms with Crippen molar-refractivity contribution in [3.8, 4) is 16.9 Å². The third kappa shape index (κ3) is 5.30. The normalized spacial score (nSPS) is 18.3. The third-order valence-electron chi connectivity index (χ3n) is 7.60. The van der Waals surface area contributed by atoms with Gasteiger partial charge in [-0.3, -0.25) is 4.98 Å². The molecule has 2 aliphatic carbocycles. The molecule has 0 amide bonds. The van der Waals surface area contributed by atoms with E-state index in [1.54, 1.807) is 12.1 Å². The van der Waals surface area contributed by atoms with Crippen LogP contribution >= 0.6 is 0 Å². The molecule has 0 saturated heterocycles. The van der Waals surface area contributed by atoms with E-state index < -0.39 is 12.2 Å². The standard InChI is InChI=1S/C31H34F3NO/c1-18-11-23(36-10-9-31(2,3)4)7-8-24(18)26-14-19(29(32)16-27(26)30(33)34)5-6-22-13-20-12-21-15-25(21)28(20)17-35-22/h7-8,11,13-14,16-17,21,25,30H,5-6,9-10,12,15H2,1-4H3. The van der Waals surface area contributed by atoms with Crippen LogP contribution in [0.4, 0.5) is 13.2 Å². The fourth-order valence-electron chi connectivity index (χ4n) is 5.35. The number of hydrogen-bond donors (Lipinski definition) is 0. The summed E-state index contributed by atoms with van der Waals surface area (Å²) in [7, 11) is 0. The zero-order valence-corrected chi connectivity index (χ0v) is 21.5. The monoisotopic (exact) mass is 493 g/mol. The molecule has 2 unspecified atom stereocenters. The quantitative estimate of drug-likeness (QED) is 0.314. The number of alkyl halides is 2. The Kier molecular flexibility index (Phi) is 6.61. The first-order chi connectivity index (χ1) is 17.1. The maximum atomic E-state index is 14.9. The van der Waals surface area contributed by atoms with Crippen LogP contribution in [-0.4, -0.2) is 11.6 Å². The van der Waals surface area contributed by atoms with Crippen molar-refractivity contribution in [3.63, 3.8) is 0 Å². The minimum absolute atomic E-state index is 0.168. The van der Waals surface area contributed by atoms with Gasteiger partial charge < -0.3 is 4.74 Å². The number of rotatable bonds is 8. The van der Waals surface area contributed by atoms with E-state index in [2.05, 4.69) is 31.8 Å². The van der Waals surface area contributed by atoms with E-state index in [4.69, 9.17) is 4.74 Å². The lowest BCUT2D eigenvalue weighted by molar-refractivity contribution is 0.151. The van der Waals surface area contributed by atoms with Gasteiger partial charge in [-0.05, 0) is 120 Å². The van der Waals surface area contributed by atoms with Gasteiger partial charge in [0, 0.05) is 17.5 Å². The van der Waals surface area contributed by atoms with Gasteiger partial charge in [0.05, 0.1) is 6.61 Å². The third-order valence-corrected chi connectivity index (χ3v) is 7.60. The SMILES string of the molecule is Cc1cc(OCCC(C)(C)C)ccc1-c1cc(CCc2cc3c(cn2)C2CC2C3)c(F)cc1C(F)F. The molecule has 5 heteroatoms. The van der Waals surface area contributed by atoms with E-state index in [0.717, 1.165) is 36.1 Å². The molecule has 36 heavy (non-hydrogen) atoms. The molecule has 3 aromatic rings. The molecule has 0 aliphatic heterocycles. The number of pyridine rings is 1. The molecule has 2 atom stereocenters. The van der Waals surface area contributed by atoms with Crippen LogP contribution in [0.1, 0.15) is 79.5 Å². The molecule has 0 spiro atoms. The number of aromatic nitrogens is 1. The zero-order valence-electron chi connectivity index (χ0n) is 21.5. The van der Waals surface area contributed by atoms with Gasteiger partial charge in [0.25, 0.3) is 6.43 Å². The molecule has 2 aliphatic rings. The second-order valence-electron chi connectivity index (χ2n) is 11.6. The van der Waals surface area contributed by atoms with E-state index >= 15 is 0 Å². The van der Waals surface area contributed by atoms with E-state index in [1.165, 1.54) is 17.5 Å². The number of halogens is 3. The fraction of sp³-hybridized carbons (Fsp3) is 0.452. The first-order valence-corrected chi connectivity index (χ1v) is 12.9. The Morgan fingerprint density at radius 1 is 1.06 bits per heavy atom. The molecule has 1 aromatic heterocycles. The van der Waals surface area contributed by atoms with Gasteiger partial charge in [-0.2, -0.15) is 0 Å². The van der Waals surface area contributed by atoms with Gasteiger partial charge in [-0.1, -0.05) is 26.8 Å². The number of fused-ring (bicyclic) bond motifs is 3. The maximum absolute atomic E-state index is 14.9. The van der Waals surface area contributed by atoms with Crippen molar-refractivity contribution in [2.45, 2.75) is 72.1 Å². The summed E-state index contributed by atoms with van der Waals surface area (Å²) in [5.74, 6) is 1.61. The molecule has 1 heterocycles. The van der Waals surface area contributed by atoms with Gasteiger partial charge in [0.15, 0.2) is 0 Å². The lowest BCUT2D eigenvalue weighted by Gasteiger charge is -2.19. The van der Waals surface area contributed by atoms with Crippen molar-refractivity contribution in [1.82, 2.24) is 4.98 Å². The van der Waals surface area contributed by atoms with Crippen LogP contribution in [0.15, 0.2) is 42.6 Å². The number of ether oxygens (including phenoxy) is 1. The second-order valence-corrected chi connectivity index (χ2v) is 11.6. The lowest BCUT2D eigenvalue weighted by Crippen LogP contribution is -2.11. The molecule has 0 radical (unpaired) electrons. The predicted octanol–water partition coefficient (Wildman–Crippen LogP) is 8.39. The molecule has 0 bridgehead atoms. The Bertz CT molecular complexity index is 1280. The summed E-state index contributed by atoms with van der Waals surface area (Å²) in [6, 6.07) is 10.2. The van der Waals surface area contributed by atoms with E-state index in [9.17, 15) is 13.2 Å². The first kappa shape index (κ1) is 24.9. The number of benzene rings is 2. The highest BCUT2D eigenvalue weighted by molar-refractivity contribution is 5.72. The van der Waals surface area contributed by atoms with Crippen LogP contribution in [0.25, 0.3) is 11.1 Å². The molecule has 2 nitrogen and oxygen atoms in total.